The highest BCUT2D eigenvalue weighted by Gasteiger charge is 2.37. The van der Waals surface area contributed by atoms with Crippen molar-refractivity contribution in [3.05, 3.63) is 23.8 Å². The van der Waals surface area contributed by atoms with E-state index in [4.69, 9.17) is 23.2 Å². The fraction of sp³-hybridized carbons (Fsp3) is 0.143. The topological polar surface area (TPSA) is 34.1 Å². The lowest BCUT2D eigenvalue weighted by Crippen LogP contribution is -2.29. The molecule has 4 heteroatoms. The van der Waals surface area contributed by atoms with Gasteiger partial charge in [-0.15, -0.1) is 0 Å². The highest BCUT2D eigenvalue weighted by molar-refractivity contribution is 6.63. The molecule has 11 heavy (non-hydrogen) atoms. The molecule has 0 amide bonds. The van der Waals surface area contributed by atoms with Crippen LogP contribution in [0.4, 0.5) is 0 Å². The first kappa shape index (κ1) is 8.50. The number of ketones is 1. The van der Waals surface area contributed by atoms with Crippen molar-refractivity contribution < 1.29 is 9.59 Å². The van der Waals surface area contributed by atoms with Crippen LogP contribution in [0, 0.1) is 0 Å². The van der Waals surface area contributed by atoms with Crippen molar-refractivity contribution in [2.75, 3.05) is 0 Å². The van der Waals surface area contributed by atoms with Gasteiger partial charge in [0.05, 0.1) is 0 Å². The van der Waals surface area contributed by atoms with Crippen LogP contribution in [0.1, 0.15) is 0 Å². The SMILES string of the molecule is O=CC1=CC=CC(=O)C1(Cl)Cl. The van der Waals surface area contributed by atoms with Crippen LogP contribution in [-0.2, 0) is 9.59 Å². The van der Waals surface area contributed by atoms with Crippen molar-refractivity contribution in [3.8, 4) is 0 Å². The number of carbonyl (C=O) groups excluding carboxylic acids is 2. The van der Waals surface area contributed by atoms with Gasteiger partial charge in [-0.3, -0.25) is 9.59 Å². The molecule has 0 aliphatic heterocycles. The molecule has 0 atom stereocenters. The van der Waals surface area contributed by atoms with Crippen LogP contribution in [0.15, 0.2) is 23.8 Å². The number of halogens is 2. The van der Waals surface area contributed by atoms with Gasteiger partial charge in [0.2, 0.25) is 4.33 Å². The molecule has 2 nitrogen and oxygen atoms in total. The largest absolute Gasteiger partial charge is 0.298 e. The van der Waals surface area contributed by atoms with E-state index in [1.54, 1.807) is 0 Å². The van der Waals surface area contributed by atoms with Crippen molar-refractivity contribution in [1.82, 2.24) is 0 Å². The van der Waals surface area contributed by atoms with E-state index in [-0.39, 0.29) is 5.57 Å². The maximum absolute atomic E-state index is 10.9. The molecule has 0 saturated heterocycles. The van der Waals surface area contributed by atoms with Crippen molar-refractivity contribution in [3.63, 3.8) is 0 Å². The number of hydrogen-bond acceptors (Lipinski definition) is 2. The standard InChI is InChI=1S/C7H4Cl2O2/c8-7(9)5(4-10)2-1-3-6(7)11/h1-4H. The summed E-state index contributed by atoms with van der Waals surface area (Å²) < 4.78 is -1.68. The van der Waals surface area contributed by atoms with E-state index in [0.717, 1.165) is 0 Å². The average Bonchev–Trinajstić information content (AvgIpc) is 1.95. The summed E-state index contributed by atoms with van der Waals surface area (Å²) in [5.74, 6) is -0.481. The molecule has 1 aliphatic rings. The predicted molar refractivity (Wildman–Crippen MR) is 42.7 cm³/mol. The summed E-state index contributed by atoms with van der Waals surface area (Å²) in [6.07, 6.45) is 4.55. The molecule has 0 aromatic carbocycles. The van der Waals surface area contributed by atoms with Gasteiger partial charge in [0.1, 0.15) is 6.29 Å². The highest BCUT2D eigenvalue weighted by atomic mass is 35.5. The molecular weight excluding hydrogens is 187 g/mol. The molecule has 0 heterocycles. The van der Waals surface area contributed by atoms with Crippen molar-refractivity contribution >= 4 is 35.3 Å². The van der Waals surface area contributed by atoms with E-state index in [2.05, 4.69) is 0 Å². The van der Waals surface area contributed by atoms with Crippen LogP contribution in [0.5, 0.6) is 0 Å². The molecular formula is C7H4Cl2O2. The van der Waals surface area contributed by atoms with E-state index in [9.17, 15) is 9.59 Å². The Bertz CT molecular complexity index is 264. The summed E-state index contributed by atoms with van der Waals surface area (Å²) in [4.78, 5) is 21.2. The Morgan fingerprint density at radius 3 is 2.55 bits per heavy atom. The first-order chi connectivity index (χ1) is 5.09. The van der Waals surface area contributed by atoms with E-state index in [1.165, 1.54) is 18.2 Å². The quantitative estimate of drug-likeness (QED) is 0.464. The lowest BCUT2D eigenvalue weighted by Gasteiger charge is -2.17. The number of rotatable bonds is 1. The number of alkyl halides is 2. The molecule has 0 unspecified atom stereocenters. The van der Waals surface area contributed by atoms with E-state index in [1.807, 2.05) is 0 Å². The van der Waals surface area contributed by atoms with Crippen molar-refractivity contribution in [2.24, 2.45) is 0 Å². The summed E-state index contributed by atoms with van der Waals surface area (Å²) in [6.45, 7) is 0. The number of allylic oxidation sites excluding steroid dienone is 4. The van der Waals surface area contributed by atoms with Crippen LogP contribution in [0.3, 0.4) is 0 Å². The molecule has 0 radical (unpaired) electrons. The zero-order chi connectivity index (χ0) is 8.48. The van der Waals surface area contributed by atoms with Crippen molar-refractivity contribution in [1.29, 1.82) is 0 Å². The van der Waals surface area contributed by atoms with Gasteiger partial charge in [0.15, 0.2) is 5.78 Å². The lowest BCUT2D eigenvalue weighted by atomic mass is 10.0. The minimum absolute atomic E-state index is 0.0772. The average molecular weight is 191 g/mol. The van der Waals surface area contributed by atoms with E-state index in [0.29, 0.717) is 6.29 Å². The maximum atomic E-state index is 10.9. The molecule has 0 spiro atoms. The normalized spacial score (nSPS) is 21.3. The fourth-order valence-corrected chi connectivity index (χ4v) is 1.05. The van der Waals surface area contributed by atoms with Crippen LogP contribution >= 0.6 is 23.2 Å². The van der Waals surface area contributed by atoms with Crippen LogP contribution < -0.4 is 0 Å². The summed E-state index contributed by atoms with van der Waals surface area (Å²) >= 11 is 11.1. The number of aldehydes is 1. The molecule has 0 aromatic heterocycles. The van der Waals surface area contributed by atoms with Crippen molar-refractivity contribution in [2.45, 2.75) is 4.33 Å². The second-order valence-electron chi connectivity index (χ2n) is 2.04. The Kier molecular flexibility index (Phi) is 2.16. The van der Waals surface area contributed by atoms with Gasteiger partial charge < -0.3 is 0 Å². The van der Waals surface area contributed by atoms with Gasteiger partial charge in [-0.1, -0.05) is 35.4 Å². The molecule has 0 fully saturated rings. The monoisotopic (exact) mass is 190 g/mol. The van der Waals surface area contributed by atoms with Crippen LogP contribution in [0.25, 0.3) is 0 Å². The highest BCUT2D eigenvalue weighted by Crippen LogP contribution is 2.32. The Morgan fingerprint density at radius 2 is 2.09 bits per heavy atom. The smallest absolute Gasteiger partial charge is 0.207 e. The van der Waals surface area contributed by atoms with Gasteiger partial charge in [0.25, 0.3) is 0 Å². The van der Waals surface area contributed by atoms with Crippen LogP contribution in [-0.4, -0.2) is 16.4 Å². The second-order valence-corrected chi connectivity index (χ2v) is 3.36. The molecule has 0 saturated carbocycles. The first-order valence-corrected chi connectivity index (χ1v) is 3.61. The van der Waals surface area contributed by atoms with E-state index >= 15 is 0 Å². The third kappa shape index (κ3) is 1.37. The zero-order valence-electron chi connectivity index (χ0n) is 5.38. The number of hydrogen-bond donors (Lipinski definition) is 0. The molecule has 0 aromatic rings. The van der Waals surface area contributed by atoms with Gasteiger partial charge in [0, 0.05) is 5.57 Å². The summed E-state index contributed by atoms with van der Waals surface area (Å²) in [5, 5.41) is 0. The zero-order valence-corrected chi connectivity index (χ0v) is 6.89. The summed E-state index contributed by atoms with van der Waals surface area (Å²) in [5.41, 5.74) is 0.0772. The second kappa shape index (κ2) is 2.80. The molecule has 1 rings (SSSR count). The third-order valence-corrected chi connectivity index (χ3v) is 2.13. The molecule has 1 aliphatic carbocycles. The third-order valence-electron chi connectivity index (χ3n) is 1.32. The Morgan fingerprint density at radius 1 is 1.45 bits per heavy atom. The lowest BCUT2D eigenvalue weighted by molar-refractivity contribution is -0.115. The van der Waals surface area contributed by atoms with Gasteiger partial charge in [-0.05, 0) is 6.08 Å². The van der Waals surface area contributed by atoms with Gasteiger partial charge in [-0.25, -0.2) is 0 Å². The molecule has 0 N–H and O–H groups in total. The molecule has 0 bridgehead atoms. The Hall–Kier alpha value is -0.600. The Labute approximate surface area is 73.5 Å². The van der Waals surface area contributed by atoms with Gasteiger partial charge >= 0.3 is 0 Å². The Balaban J connectivity index is 3.10. The summed E-state index contributed by atoms with van der Waals surface area (Å²) in [6, 6.07) is 0. The maximum Gasteiger partial charge on any atom is 0.207 e. The van der Waals surface area contributed by atoms with E-state index < -0.39 is 10.1 Å². The van der Waals surface area contributed by atoms with Crippen LogP contribution in [0.2, 0.25) is 0 Å². The minimum atomic E-state index is -1.68. The van der Waals surface area contributed by atoms with Gasteiger partial charge in [-0.2, -0.15) is 0 Å². The first-order valence-electron chi connectivity index (χ1n) is 2.85. The summed E-state index contributed by atoms with van der Waals surface area (Å²) in [7, 11) is 0. The molecule has 58 valence electrons. The number of carbonyl (C=O) groups is 2. The predicted octanol–water partition coefficient (Wildman–Crippen LogP) is 1.42. The minimum Gasteiger partial charge on any atom is -0.298 e. The fourth-order valence-electron chi connectivity index (χ4n) is 0.704.